The lowest BCUT2D eigenvalue weighted by Gasteiger charge is -2.35. The number of benzene rings is 1. The highest BCUT2D eigenvalue weighted by atomic mass is 16.3. The largest absolute Gasteiger partial charge is 0.443 e. The Morgan fingerprint density at radius 3 is 2.45 bits per heavy atom. The van der Waals surface area contributed by atoms with Gasteiger partial charge in [0.2, 0.25) is 17.7 Å². The number of aryl methyl sites for hydroxylation is 1. The number of β-amino-alcohol motifs (C(OH)–C–C–N with tert-alkyl or cyclic N) is 1. The SMILES string of the molecule is CC(=O)N[C@H](C(=O)N1C[C@H](O)CC1C(=O)NCc1ccc(-c2ocnc2C)cc1)C(C)(C)C. The van der Waals surface area contributed by atoms with E-state index >= 15 is 0 Å². The molecule has 1 unspecified atom stereocenters. The molecule has 9 nitrogen and oxygen atoms in total. The van der Waals surface area contributed by atoms with Gasteiger partial charge in [-0.25, -0.2) is 4.98 Å². The number of rotatable bonds is 6. The van der Waals surface area contributed by atoms with E-state index in [4.69, 9.17) is 4.42 Å². The number of likely N-dealkylation sites (tertiary alicyclic amines) is 1. The van der Waals surface area contributed by atoms with Gasteiger partial charge >= 0.3 is 0 Å². The summed E-state index contributed by atoms with van der Waals surface area (Å²) in [5, 5.41) is 15.7. The smallest absolute Gasteiger partial charge is 0.246 e. The lowest BCUT2D eigenvalue weighted by atomic mass is 9.85. The molecule has 3 amide bonds. The number of hydrogen-bond acceptors (Lipinski definition) is 6. The molecule has 33 heavy (non-hydrogen) atoms. The topological polar surface area (TPSA) is 125 Å². The highest BCUT2D eigenvalue weighted by molar-refractivity contribution is 5.92. The average molecular weight is 457 g/mol. The first kappa shape index (κ1) is 24.4. The van der Waals surface area contributed by atoms with Crippen molar-refractivity contribution in [1.82, 2.24) is 20.5 Å². The molecule has 0 saturated carbocycles. The fraction of sp³-hybridized carbons (Fsp3) is 0.500. The van der Waals surface area contributed by atoms with E-state index in [-0.39, 0.29) is 37.2 Å². The van der Waals surface area contributed by atoms with Crippen LogP contribution in [0.15, 0.2) is 35.1 Å². The van der Waals surface area contributed by atoms with Crippen LogP contribution in [-0.2, 0) is 20.9 Å². The molecule has 0 radical (unpaired) electrons. The zero-order chi connectivity index (χ0) is 24.3. The van der Waals surface area contributed by atoms with Crippen molar-refractivity contribution in [3.05, 3.63) is 41.9 Å². The molecule has 1 saturated heterocycles. The lowest BCUT2D eigenvalue weighted by molar-refractivity contribution is -0.143. The predicted molar refractivity (Wildman–Crippen MR) is 122 cm³/mol. The minimum absolute atomic E-state index is 0.0499. The van der Waals surface area contributed by atoms with Gasteiger partial charge in [-0.05, 0) is 17.9 Å². The van der Waals surface area contributed by atoms with Crippen molar-refractivity contribution in [3.63, 3.8) is 0 Å². The predicted octanol–water partition coefficient (Wildman–Crippen LogP) is 1.78. The van der Waals surface area contributed by atoms with Crippen molar-refractivity contribution in [3.8, 4) is 11.3 Å². The van der Waals surface area contributed by atoms with Gasteiger partial charge < -0.3 is 25.1 Å². The van der Waals surface area contributed by atoms with E-state index in [2.05, 4.69) is 15.6 Å². The maximum atomic E-state index is 13.2. The highest BCUT2D eigenvalue weighted by Gasteiger charge is 2.44. The van der Waals surface area contributed by atoms with Crippen molar-refractivity contribution in [2.24, 2.45) is 5.41 Å². The van der Waals surface area contributed by atoms with E-state index in [0.29, 0.717) is 5.76 Å². The number of nitrogens with one attached hydrogen (secondary N) is 2. The molecule has 3 atom stereocenters. The first-order chi connectivity index (χ1) is 15.5. The van der Waals surface area contributed by atoms with Gasteiger partial charge in [0.15, 0.2) is 12.2 Å². The van der Waals surface area contributed by atoms with Crippen LogP contribution in [0, 0.1) is 12.3 Å². The number of amides is 3. The normalized spacial score (nSPS) is 19.3. The molecular formula is C24H32N4O5. The number of hydrogen-bond donors (Lipinski definition) is 3. The Morgan fingerprint density at radius 2 is 1.91 bits per heavy atom. The van der Waals surface area contributed by atoms with Gasteiger partial charge in [-0.2, -0.15) is 0 Å². The molecule has 0 spiro atoms. The van der Waals surface area contributed by atoms with E-state index in [0.717, 1.165) is 16.8 Å². The maximum Gasteiger partial charge on any atom is 0.246 e. The van der Waals surface area contributed by atoms with Crippen LogP contribution in [0.1, 0.15) is 45.4 Å². The van der Waals surface area contributed by atoms with E-state index in [1.54, 1.807) is 0 Å². The van der Waals surface area contributed by atoms with Crippen LogP contribution in [0.2, 0.25) is 0 Å². The second-order valence-electron chi connectivity index (χ2n) is 9.58. The van der Waals surface area contributed by atoms with Crippen LogP contribution in [0.25, 0.3) is 11.3 Å². The number of aliphatic hydroxyl groups excluding tert-OH is 1. The van der Waals surface area contributed by atoms with E-state index in [1.807, 2.05) is 52.0 Å². The Labute approximate surface area is 193 Å². The number of aromatic nitrogens is 1. The number of oxazole rings is 1. The number of carbonyl (C=O) groups is 3. The van der Waals surface area contributed by atoms with Crippen LogP contribution in [0.3, 0.4) is 0 Å². The summed E-state index contributed by atoms with van der Waals surface area (Å²) in [7, 11) is 0. The van der Waals surface area contributed by atoms with Crippen LogP contribution in [-0.4, -0.2) is 57.4 Å². The third-order valence-electron chi connectivity index (χ3n) is 5.75. The molecule has 9 heteroatoms. The Bertz CT molecular complexity index is 1010. The van der Waals surface area contributed by atoms with Crippen molar-refractivity contribution >= 4 is 17.7 Å². The summed E-state index contributed by atoms with van der Waals surface area (Å²) < 4.78 is 5.40. The summed E-state index contributed by atoms with van der Waals surface area (Å²) in [4.78, 5) is 43.3. The van der Waals surface area contributed by atoms with Gasteiger partial charge in [0.1, 0.15) is 12.1 Å². The van der Waals surface area contributed by atoms with Gasteiger partial charge in [-0.3, -0.25) is 14.4 Å². The van der Waals surface area contributed by atoms with Crippen LogP contribution in [0.4, 0.5) is 0 Å². The van der Waals surface area contributed by atoms with Crippen molar-refractivity contribution < 1.29 is 23.9 Å². The molecule has 2 aromatic rings. The minimum Gasteiger partial charge on any atom is -0.443 e. The summed E-state index contributed by atoms with van der Waals surface area (Å²) >= 11 is 0. The summed E-state index contributed by atoms with van der Waals surface area (Å²) in [6.07, 6.45) is 0.753. The van der Waals surface area contributed by atoms with Crippen LogP contribution < -0.4 is 10.6 Å². The Hall–Kier alpha value is -3.20. The first-order valence-electron chi connectivity index (χ1n) is 11.0. The molecule has 2 heterocycles. The zero-order valence-corrected chi connectivity index (χ0v) is 19.7. The van der Waals surface area contributed by atoms with E-state index < -0.39 is 23.6 Å². The number of carbonyl (C=O) groups excluding carboxylic acids is 3. The van der Waals surface area contributed by atoms with Gasteiger partial charge in [0.05, 0.1) is 11.8 Å². The van der Waals surface area contributed by atoms with Crippen molar-refractivity contribution in [2.45, 2.75) is 65.8 Å². The quantitative estimate of drug-likeness (QED) is 0.609. The number of nitrogens with zero attached hydrogens (tertiary/aromatic N) is 2. The Morgan fingerprint density at radius 1 is 1.24 bits per heavy atom. The Kier molecular flexibility index (Phi) is 7.22. The van der Waals surface area contributed by atoms with Crippen molar-refractivity contribution in [2.75, 3.05) is 6.54 Å². The molecule has 1 aliphatic rings. The lowest BCUT2D eigenvalue weighted by Crippen LogP contribution is -2.57. The van der Waals surface area contributed by atoms with Crippen LogP contribution in [0.5, 0.6) is 0 Å². The van der Waals surface area contributed by atoms with E-state index in [9.17, 15) is 19.5 Å². The second-order valence-corrected chi connectivity index (χ2v) is 9.58. The highest BCUT2D eigenvalue weighted by Crippen LogP contribution is 2.26. The fourth-order valence-electron chi connectivity index (χ4n) is 3.98. The molecule has 3 rings (SSSR count). The minimum atomic E-state index is -0.803. The van der Waals surface area contributed by atoms with Gasteiger partial charge in [-0.1, -0.05) is 45.0 Å². The molecule has 178 valence electrons. The van der Waals surface area contributed by atoms with Crippen molar-refractivity contribution in [1.29, 1.82) is 0 Å². The van der Waals surface area contributed by atoms with E-state index in [1.165, 1.54) is 18.2 Å². The average Bonchev–Trinajstić information content (AvgIpc) is 3.35. The molecule has 1 aromatic carbocycles. The second kappa shape index (κ2) is 9.74. The third-order valence-corrected chi connectivity index (χ3v) is 5.75. The maximum absolute atomic E-state index is 13.2. The Balaban J connectivity index is 1.67. The van der Waals surface area contributed by atoms with Gasteiger partial charge in [0.25, 0.3) is 0 Å². The zero-order valence-electron chi connectivity index (χ0n) is 19.7. The van der Waals surface area contributed by atoms with Gasteiger partial charge in [-0.15, -0.1) is 0 Å². The summed E-state index contributed by atoms with van der Waals surface area (Å²) in [5.74, 6) is -0.341. The molecule has 1 aliphatic heterocycles. The molecule has 1 aromatic heterocycles. The standard InChI is InChI=1S/C24H32N4O5/c1-14-20(33-13-26-14)17-8-6-16(7-9-17)11-25-22(31)19-10-18(30)12-28(19)23(32)21(24(3,4)5)27-15(2)29/h6-9,13,18-19,21,30H,10-12H2,1-5H3,(H,25,31)(H,27,29)/t18-,19?,21-/m1/s1. The molecule has 1 fully saturated rings. The third kappa shape index (κ3) is 5.78. The molecule has 0 bridgehead atoms. The summed E-state index contributed by atoms with van der Waals surface area (Å²) in [5.41, 5.74) is 2.02. The van der Waals surface area contributed by atoms with Crippen LogP contribution >= 0.6 is 0 Å². The molecule has 0 aliphatic carbocycles. The first-order valence-corrected chi connectivity index (χ1v) is 11.0. The monoisotopic (exact) mass is 456 g/mol. The summed E-state index contributed by atoms with van der Waals surface area (Å²) in [6.45, 7) is 9.08. The summed E-state index contributed by atoms with van der Waals surface area (Å²) in [6, 6.07) is 5.95. The van der Waals surface area contributed by atoms with Gasteiger partial charge in [0, 0.05) is 32.0 Å². The molecule has 3 N–H and O–H groups in total. The number of aliphatic hydroxyl groups is 1. The fourth-order valence-corrected chi connectivity index (χ4v) is 3.98. The molecular weight excluding hydrogens is 424 g/mol.